The second-order valence-electron chi connectivity index (χ2n) is 9.44. The third-order valence-corrected chi connectivity index (χ3v) is 6.11. The van der Waals surface area contributed by atoms with E-state index in [0.717, 1.165) is 24.9 Å². The van der Waals surface area contributed by atoms with E-state index in [4.69, 9.17) is 10.00 Å². The van der Waals surface area contributed by atoms with Gasteiger partial charge in [-0.3, -0.25) is 0 Å². The Hall–Kier alpha value is -2.28. The maximum absolute atomic E-state index is 12.9. The van der Waals surface area contributed by atoms with Gasteiger partial charge < -0.3 is 9.64 Å². The molecule has 1 saturated heterocycles. The van der Waals surface area contributed by atoms with E-state index < -0.39 is 5.60 Å². The van der Waals surface area contributed by atoms with Crippen LogP contribution in [-0.4, -0.2) is 23.1 Å². The predicted octanol–water partition coefficient (Wildman–Crippen LogP) is 5.50. The molecule has 1 heterocycles. The Morgan fingerprint density at radius 1 is 1.19 bits per heavy atom. The largest absolute Gasteiger partial charge is 0.444 e. The summed E-state index contributed by atoms with van der Waals surface area (Å²) in [6.07, 6.45) is 6.81. The fourth-order valence-corrected chi connectivity index (χ4v) is 4.59. The molecule has 1 atom stereocenters. The lowest BCUT2D eigenvalue weighted by Gasteiger charge is -2.53. The number of carbonyl (C=O) groups excluding carboxylic acids is 1. The molecule has 27 heavy (non-hydrogen) atoms. The van der Waals surface area contributed by atoms with Crippen LogP contribution in [0.2, 0.25) is 0 Å². The quantitative estimate of drug-likeness (QED) is 0.618. The van der Waals surface area contributed by atoms with Gasteiger partial charge in [0.1, 0.15) is 5.60 Å². The SMILES string of the molecule is CC(C)(C)OC(=O)N1CCC2(CC(=C3CC3)C2)C[C@H]1c1ccc(C#N)cc1. The molecule has 4 heteroatoms. The van der Waals surface area contributed by atoms with Gasteiger partial charge in [0.2, 0.25) is 0 Å². The summed E-state index contributed by atoms with van der Waals surface area (Å²) in [6.45, 7) is 6.47. The molecule has 1 aromatic carbocycles. The third kappa shape index (κ3) is 3.74. The van der Waals surface area contributed by atoms with E-state index in [9.17, 15) is 4.79 Å². The molecule has 3 aliphatic rings. The molecule has 3 fully saturated rings. The lowest BCUT2D eigenvalue weighted by Crippen LogP contribution is -2.49. The lowest BCUT2D eigenvalue weighted by atomic mass is 9.58. The van der Waals surface area contributed by atoms with Gasteiger partial charge in [-0.05, 0) is 82.4 Å². The highest BCUT2D eigenvalue weighted by Crippen LogP contribution is 2.59. The van der Waals surface area contributed by atoms with Crippen molar-refractivity contribution in [3.8, 4) is 6.07 Å². The van der Waals surface area contributed by atoms with Crippen molar-refractivity contribution < 1.29 is 9.53 Å². The molecule has 1 spiro atoms. The first-order valence-electron chi connectivity index (χ1n) is 9.98. The summed E-state index contributed by atoms with van der Waals surface area (Å²) in [5.74, 6) is 0. The molecule has 0 bridgehead atoms. The number of hydrogen-bond acceptors (Lipinski definition) is 3. The monoisotopic (exact) mass is 364 g/mol. The van der Waals surface area contributed by atoms with Gasteiger partial charge in [0.05, 0.1) is 17.7 Å². The summed E-state index contributed by atoms with van der Waals surface area (Å²) < 4.78 is 5.69. The molecule has 2 aliphatic carbocycles. The van der Waals surface area contributed by atoms with E-state index in [0.29, 0.717) is 11.0 Å². The number of allylic oxidation sites excluding steroid dienone is 2. The first-order chi connectivity index (χ1) is 12.8. The fourth-order valence-electron chi connectivity index (χ4n) is 4.59. The number of ether oxygens (including phenoxy) is 1. The van der Waals surface area contributed by atoms with Gasteiger partial charge in [0.25, 0.3) is 0 Å². The third-order valence-electron chi connectivity index (χ3n) is 6.11. The molecule has 0 radical (unpaired) electrons. The maximum Gasteiger partial charge on any atom is 0.410 e. The molecule has 1 amide bonds. The highest BCUT2D eigenvalue weighted by molar-refractivity contribution is 5.69. The molecule has 4 nitrogen and oxygen atoms in total. The van der Waals surface area contributed by atoms with Gasteiger partial charge in [-0.25, -0.2) is 4.79 Å². The number of piperidine rings is 1. The van der Waals surface area contributed by atoms with Crippen molar-refractivity contribution in [2.24, 2.45) is 5.41 Å². The smallest absolute Gasteiger partial charge is 0.410 e. The van der Waals surface area contributed by atoms with Crippen molar-refractivity contribution in [2.75, 3.05) is 6.54 Å². The van der Waals surface area contributed by atoms with Crippen LogP contribution in [0, 0.1) is 16.7 Å². The van der Waals surface area contributed by atoms with Crippen molar-refractivity contribution >= 4 is 6.09 Å². The molecule has 142 valence electrons. The van der Waals surface area contributed by atoms with Gasteiger partial charge in [-0.15, -0.1) is 0 Å². The van der Waals surface area contributed by atoms with Crippen LogP contribution in [0.15, 0.2) is 35.4 Å². The molecule has 1 aliphatic heterocycles. The number of benzene rings is 1. The lowest BCUT2D eigenvalue weighted by molar-refractivity contribution is -0.0177. The highest BCUT2D eigenvalue weighted by atomic mass is 16.6. The minimum atomic E-state index is -0.499. The molecule has 4 rings (SSSR count). The Morgan fingerprint density at radius 2 is 1.85 bits per heavy atom. The van der Waals surface area contributed by atoms with Gasteiger partial charge >= 0.3 is 6.09 Å². The van der Waals surface area contributed by atoms with Crippen molar-refractivity contribution in [3.05, 3.63) is 46.5 Å². The maximum atomic E-state index is 12.9. The molecule has 2 saturated carbocycles. The van der Waals surface area contributed by atoms with E-state index in [-0.39, 0.29) is 12.1 Å². The van der Waals surface area contributed by atoms with E-state index >= 15 is 0 Å². The average molecular weight is 364 g/mol. The Labute approximate surface area is 161 Å². The first kappa shape index (κ1) is 18.1. The van der Waals surface area contributed by atoms with Crippen LogP contribution in [0.25, 0.3) is 0 Å². The number of hydrogen-bond donors (Lipinski definition) is 0. The van der Waals surface area contributed by atoms with Crippen LogP contribution in [0.5, 0.6) is 0 Å². The zero-order valence-corrected chi connectivity index (χ0v) is 16.5. The number of nitrogens with zero attached hydrogens (tertiary/aromatic N) is 2. The molecular weight excluding hydrogens is 336 g/mol. The summed E-state index contributed by atoms with van der Waals surface area (Å²) >= 11 is 0. The summed E-state index contributed by atoms with van der Waals surface area (Å²) in [5, 5.41) is 9.08. The first-order valence-corrected chi connectivity index (χ1v) is 9.98. The van der Waals surface area contributed by atoms with Crippen LogP contribution in [0.3, 0.4) is 0 Å². The number of rotatable bonds is 1. The van der Waals surface area contributed by atoms with E-state index in [1.165, 1.54) is 25.7 Å². The van der Waals surface area contributed by atoms with Gasteiger partial charge in [0.15, 0.2) is 0 Å². The topological polar surface area (TPSA) is 53.3 Å². The Morgan fingerprint density at radius 3 is 2.41 bits per heavy atom. The van der Waals surface area contributed by atoms with Crippen LogP contribution >= 0.6 is 0 Å². The zero-order valence-electron chi connectivity index (χ0n) is 16.5. The van der Waals surface area contributed by atoms with Crippen LogP contribution in [-0.2, 0) is 4.74 Å². The van der Waals surface area contributed by atoms with E-state index in [1.807, 2.05) is 49.9 Å². The van der Waals surface area contributed by atoms with Crippen LogP contribution < -0.4 is 0 Å². The number of carbonyl (C=O) groups is 1. The highest BCUT2D eigenvalue weighted by Gasteiger charge is 2.49. The number of likely N-dealkylation sites (tertiary alicyclic amines) is 1. The van der Waals surface area contributed by atoms with E-state index in [1.54, 1.807) is 11.1 Å². The summed E-state index contributed by atoms with van der Waals surface area (Å²) in [7, 11) is 0. The Balaban J connectivity index is 1.58. The normalized spacial score (nSPS) is 27.2. The Kier molecular flexibility index (Phi) is 4.29. The van der Waals surface area contributed by atoms with Gasteiger partial charge in [-0.1, -0.05) is 23.3 Å². The second kappa shape index (κ2) is 6.41. The average Bonchev–Trinajstić information content (AvgIpc) is 3.42. The second-order valence-corrected chi connectivity index (χ2v) is 9.44. The number of nitriles is 1. The van der Waals surface area contributed by atoms with Crippen LogP contribution in [0.1, 0.15) is 76.5 Å². The molecule has 1 aromatic rings. The number of amides is 1. The molecule has 0 N–H and O–H groups in total. The minimum absolute atomic E-state index is 0.0205. The molecular formula is C23H28N2O2. The van der Waals surface area contributed by atoms with Gasteiger partial charge in [0, 0.05) is 6.54 Å². The molecule has 0 unspecified atom stereocenters. The van der Waals surface area contributed by atoms with Crippen molar-refractivity contribution in [1.82, 2.24) is 4.90 Å². The molecule has 0 aromatic heterocycles. The minimum Gasteiger partial charge on any atom is -0.444 e. The van der Waals surface area contributed by atoms with Crippen molar-refractivity contribution in [3.63, 3.8) is 0 Å². The zero-order chi connectivity index (χ0) is 19.2. The summed E-state index contributed by atoms with van der Waals surface area (Å²) in [5.41, 5.74) is 4.96. The summed E-state index contributed by atoms with van der Waals surface area (Å²) in [4.78, 5) is 14.8. The Bertz CT molecular complexity index is 809. The van der Waals surface area contributed by atoms with Crippen molar-refractivity contribution in [1.29, 1.82) is 5.26 Å². The van der Waals surface area contributed by atoms with Gasteiger partial charge in [-0.2, -0.15) is 5.26 Å². The van der Waals surface area contributed by atoms with Crippen molar-refractivity contribution in [2.45, 2.75) is 70.9 Å². The standard InChI is InChI=1S/C23H28N2O2/c1-22(2,3)27-21(26)25-11-10-23(12-19(13-23)17-8-9-17)14-20(25)18-6-4-16(15-24)5-7-18/h4-7,20H,8-14H2,1-3H3/t20-/m0/s1. The van der Waals surface area contributed by atoms with Crippen LogP contribution in [0.4, 0.5) is 4.79 Å². The van der Waals surface area contributed by atoms with E-state index in [2.05, 4.69) is 6.07 Å². The summed E-state index contributed by atoms with van der Waals surface area (Å²) in [6, 6.07) is 9.89. The fraction of sp³-hybridized carbons (Fsp3) is 0.565. The predicted molar refractivity (Wildman–Crippen MR) is 104 cm³/mol.